The van der Waals surface area contributed by atoms with E-state index in [4.69, 9.17) is 9.47 Å². The lowest BCUT2D eigenvalue weighted by Gasteiger charge is -2.34. The molecule has 1 aliphatic heterocycles. The third-order valence-electron chi connectivity index (χ3n) is 3.87. The first-order valence-corrected chi connectivity index (χ1v) is 8.81. The number of aromatic nitrogens is 1. The summed E-state index contributed by atoms with van der Waals surface area (Å²) in [7, 11) is 0. The summed E-state index contributed by atoms with van der Waals surface area (Å²) in [6.07, 6.45) is -4.33. The molecule has 2 aromatic rings. The molecule has 0 N–H and O–H groups in total. The second-order valence-corrected chi connectivity index (χ2v) is 6.83. The minimum absolute atomic E-state index is 0.105. The Labute approximate surface area is 148 Å². The highest BCUT2D eigenvalue weighted by Gasteiger charge is 2.29. The zero-order chi connectivity index (χ0) is 17.9. The molecule has 1 aromatic carbocycles. The second kappa shape index (κ2) is 7.72. The number of halogens is 3. The predicted octanol–water partition coefficient (Wildman–Crippen LogP) is 3.97. The van der Waals surface area contributed by atoms with Gasteiger partial charge in [-0.3, -0.25) is 4.90 Å². The van der Waals surface area contributed by atoms with E-state index in [2.05, 4.69) is 9.88 Å². The summed E-state index contributed by atoms with van der Waals surface area (Å²) < 4.78 is 46.9. The molecule has 2 heterocycles. The van der Waals surface area contributed by atoms with E-state index in [0.717, 1.165) is 22.8 Å². The minimum Gasteiger partial charge on any atom is -0.484 e. The highest BCUT2D eigenvalue weighted by molar-refractivity contribution is 7.09. The van der Waals surface area contributed by atoms with Crippen LogP contribution in [0.5, 0.6) is 5.75 Å². The molecule has 25 heavy (non-hydrogen) atoms. The molecule has 0 bridgehead atoms. The molecule has 0 saturated carbocycles. The number of alkyl halides is 3. The molecule has 136 valence electrons. The van der Waals surface area contributed by atoms with Crippen molar-refractivity contribution in [1.29, 1.82) is 0 Å². The molecule has 0 radical (unpaired) electrons. The molecule has 0 spiro atoms. The van der Waals surface area contributed by atoms with Gasteiger partial charge in [-0.25, -0.2) is 4.98 Å². The van der Waals surface area contributed by atoms with Crippen LogP contribution in [0.3, 0.4) is 0 Å². The van der Waals surface area contributed by atoms with Crippen molar-refractivity contribution in [3.05, 3.63) is 45.9 Å². The highest BCUT2D eigenvalue weighted by Crippen LogP contribution is 2.28. The van der Waals surface area contributed by atoms with Gasteiger partial charge in [0, 0.05) is 24.2 Å². The van der Waals surface area contributed by atoms with E-state index in [1.165, 1.54) is 0 Å². The number of rotatable bonds is 5. The van der Waals surface area contributed by atoms with Gasteiger partial charge in [0.15, 0.2) is 6.61 Å². The number of ether oxygens (including phenoxy) is 2. The Bertz CT molecular complexity index is 688. The van der Waals surface area contributed by atoms with Crippen molar-refractivity contribution < 1.29 is 22.6 Å². The first kappa shape index (κ1) is 18.2. The van der Waals surface area contributed by atoms with Crippen molar-refractivity contribution in [2.75, 3.05) is 26.4 Å². The molecular weight excluding hydrogens is 353 g/mol. The zero-order valence-corrected chi connectivity index (χ0v) is 14.6. The molecular formula is C17H19F3N2O2S. The Morgan fingerprint density at radius 2 is 2.08 bits per heavy atom. The van der Waals surface area contributed by atoms with Gasteiger partial charge < -0.3 is 9.47 Å². The van der Waals surface area contributed by atoms with Crippen molar-refractivity contribution in [1.82, 2.24) is 9.88 Å². The molecule has 1 atom stereocenters. The summed E-state index contributed by atoms with van der Waals surface area (Å²) in [4.78, 5) is 6.84. The fourth-order valence-corrected chi connectivity index (χ4v) is 3.59. The van der Waals surface area contributed by atoms with Crippen molar-refractivity contribution in [3.63, 3.8) is 0 Å². The maximum Gasteiger partial charge on any atom is 0.422 e. The van der Waals surface area contributed by atoms with Gasteiger partial charge in [0.25, 0.3) is 0 Å². The lowest BCUT2D eigenvalue weighted by atomic mass is 10.1. The maximum atomic E-state index is 12.2. The van der Waals surface area contributed by atoms with Crippen LogP contribution in [0, 0.1) is 6.92 Å². The topological polar surface area (TPSA) is 34.6 Å². The summed E-state index contributed by atoms with van der Waals surface area (Å²) in [5.41, 5.74) is 2.01. The third-order valence-corrected chi connectivity index (χ3v) is 4.94. The molecule has 1 unspecified atom stereocenters. The van der Waals surface area contributed by atoms with Crippen LogP contribution in [0.25, 0.3) is 0 Å². The smallest absolute Gasteiger partial charge is 0.422 e. The molecule has 1 saturated heterocycles. The normalized spacial score (nSPS) is 19.1. The van der Waals surface area contributed by atoms with Crippen LogP contribution in [0.4, 0.5) is 13.2 Å². The minimum atomic E-state index is -4.33. The van der Waals surface area contributed by atoms with Crippen molar-refractivity contribution >= 4 is 11.3 Å². The molecule has 4 nitrogen and oxygen atoms in total. The molecule has 1 fully saturated rings. The predicted molar refractivity (Wildman–Crippen MR) is 88.8 cm³/mol. The average molecular weight is 372 g/mol. The van der Waals surface area contributed by atoms with Gasteiger partial charge in [-0.1, -0.05) is 12.1 Å². The molecule has 8 heteroatoms. The summed E-state index contributed by atoms with van der Waals surface area (Å²) in [6, 6.07) is 6.85. The second-order valence-electron chi connectivity index (χ2n) is 5.94. The Hall–Kier alpha value is -1.64. The van der Waals surface area contributed by atoms with Gasteiger partial charge in [0.2, 0.25) is 0 Å². The van der Waals surface area contributed by atoms with Crippen LogP contribution in [-0.2, 0) is 11.3 Å². The number of aryl methyl sites for hydroxylation is 1. The Balaban J connectivity index is 1.63. The van der Waals surface area contributed by atoms with E-state index in [-0.39, 0.29) is 11.8 Å². The van der Waals surface area contributed by atoms with Crippen LogP contribution < -0.4 is 4.74 Å². The summed E-state index contributed by atoms with van der Waals surface area (Å²) in [5.74, 6) is 0.218. The van der Waals surface area contributed by atoms with Crippen LogP contribution in [0.15, 0.2) is 29.6 Å². The van der Waals surface area contributed by atoms with Crippen molar-refractivity contribution in [2.24, 2.45) is 0 Å². The lowest BCUT2D eigenvalue weighted by molar-refractivity contribution is -0.153. The average Bonchev–Trinajstić information content (AvgIpc) is 3.00. The Morgan fingerprint density at radius 3 is 2.72 bits per heavy atom. The molecule has 0 aliphatic carbocycles. The molecule has 1 aliphatic rings. The van der Waals surface area contributed by atoms with E-state index in [1.54, 1.807) is 35.6 Å². The number of hydrogen-bond donors (Lipinski definition) is 0. The van der Waals surface area contributed by atoms with Gasteiger partial charge in [0.1, 0.15) is 10.8 Å². The maximum absolute atomic E-state index is 12.2. The number of benzene rings is 1. The van der Waals surface area contributed by atoms with Gasteiger partial charge in [0.05, 0.1) is 19.3 Å². The monoisotopic (exact) mass is 372 g/mol. The molecule has 1 aromatic heterocycles. The van der Waals surface area contributed by atoms with Crippen LogP contribution in [-0.4, -0.2) is 42.4 Å². The summed E-state index contributed by atoms with van der Waals surface area (Å²) in [6.45, 7) is 3.42. The Kier molecular flexibility index (Phi) is 5.61. The van der Waals surface area contributed by atoms with Gasteiger partial charge in [-0.05, 0) is 24.6 Å². The fourth-order valence-electron chi connectivity index (χ4n) is 2.67. The Morgan fingerprint density at radius 1 is 1.32 bits per heavy atom. The van der Waals surface area contributed by atoms with Gasteiger partial charge in [-0.2, -0.15) is 13.2 Å². The van der Waals surface area contributed by atoms with Gasteiger partial charge >= 0.3 is 6.18 Å². The largest absolute Gasteiger partial charge is 0.484 e. The fraction of sp³-hybridized carbons (Fsp3) is 0.471. The summed E-state index contributed by atoms with van der Waals surface area (Å²) >= 11 is 1.62. The number of morpholine rings is 1. The zero-order valence-electron chi connectivity index (χ0n) is 13.8. The summed E-state index contributed by atoms with van der Waals surface area (Å²) in [5, 5.41) is 3.05. The van der Waals surface area contributed by atoms with E-state index < -0.39 is 12.8 Å². The van der Waals surface area contributed by atoms with Crippen molar-refractivity contribution in [3.8, 4) is 5.75 Å². The van der Waals surface area contributed by atoms with E-state index in [9.17, 15) is 13.2 Å². The molecule has 3 rings (SSSR count). The van der Waals surface area contributed by atoms with E-state index >= 15 is 0 Å². The number of nitrogens with zero attached hydrogens (tertiary/aromatic N) is 2. The third kappa shape index (κ3) is 5.17. The van der Waals surface area contributed by atoms with E-state index in [0.29, 0.717) is 19.8 Å². The molecule has 0 amide bonds. The van der Waals surface area contributed by atoms with Crippen molar-refractivity contribution in [2.45, 2.75) is 25.7 Å². The van der Waals surface area contributed by atoms with E-state index in [1.807, 2.05) is 12.3 Å². The highest BCUT2D eigenvalue weighted by atomic mass is 32.1. The quantitative estimate of drug-likeness (QED) is 0.796. The first-order chi connectivity index (χ1) is 11.9. The van der Waals surface area contributed by atoms with Crippen LogP contribution in [0.1, 0.15) is 22.3 Å². The standard InChI is InChI=1S/C17H19F3N2O2S/c1-12-10-25-16(21-12)15-9-23-7-6-22(15)8-13-2-4-14(5-3-13)24-11-17(18,19)20/h2-5,10,15H,6-9,11H2,1H3. The first-order valence-electron chi connectivity index (χ1n) is 7.93. The van der Waals surface area contributed by atoms with Gasteiger partial charge in [-0.15, -0.1) is 11.3 Å². The number of hydrogen-bond acceptors (Lipinski definition) is 5. The number of thiazole rings is 1. The van der Waals surface area contributed by atoms with Crippen LogP contribution >= 0.6 is 11.3 Å². The SMILES string of the molecule is Cc1csc(C2COCCN2Cc2ccc(OCC(F)(F)F)cc2)n1. The lowest BCUT2D eigenvalue weighted by Crippen LogP contribution is -2.38. The van der Waals surface area contributed by atoms with Crippen LogP contribution in [0.2, 0.25) is 0 Å².